The van der Waals surface area contributed by atoms with Gasteiger partial charge in [0.05, 0.1) is 6.10 Å². The molecule has 0 spiro atoms. The zero-order valence-electron chi connectivity index (χ0n) is 9.21. The Morgan fingerprint density at radius 3 is 2.43 bits per heavy atom. The molecule has 1 aromatic rings. The molecule has 0 aliphatic rings. The molecule has 1 rings (SSSR count). The molecule has 14 heavy (non-hydrogen) atoms. The van der Waals surface area contributed by atoms with Crippen molar-refractivity contribution in [2.24, 2.45) is 0 Å². The summed E-state index contributed by atoms with van der Waals surface area (Å²) < 4.78 is 5.65. The van der Waals surface area contributed by atoms with Crippen molar-refractivity contribution in [1.29, 1.82) is 0 Å². The fourth-order valence-corrected chi connectivity index (χ4v) is 1.44. The third-order valence-corrected chi connectivity index (χ3v) is 2.21. The predicted octanol–water partition coefficient (Wildman–Crippen LogP) is 2.29. The van der Waals surface area contributed by atoms with Crippen LogP contribution in [0.2, 0.25) is 0 Å². The Kier molecular flexibility index (Phi) is 4.63. The summed E-state index contributed by atoms with van der Waals surface area (Å²) >= 11 is 0. The number of aryl methyl sites for hydroxylation is 1. The molecule has 78 valence electrons. The minimum absolute atomic E-state index is 0.172. The van der Waals surface area contributed by atoms with Crippen LogP contribution in [-0.4, -0.2) is 20.2 Å². The lowest BCUT2D eigenvalue weighted by atomic mass is 10.1. The minimum atomic E-state index is 0.172. The van der Waals surface area contributed by atoms with E-state index >= 15 is 0 Å². The molecule has 2 heteroatoms. The first kappa shape index (κ1) is 11.2. The highest BCUT2D eigenvalue weighted by atomic mass is 16.5. The van der Waals surface area contributed by atoms with E-state index in [1.165, 1.54) is 11.1 Å². The third kappa shape index (κ3) is 3.13. The van der Waals surface area contributed by atoms with Crippen LogP contribution in [-0.2, 0) is 4.74 Å². The summed E-state index contributed by atoms with van der Waals surface area (Å²) in [4.78, 5) is 0. The van der Waals surface area contributed by atoms with E-state index in [0.717, 1.165) is 13.2 Å². The Labute approximate surface area is 86.3 Å². The van der Waals surface area contributed by atoms with Gasteiger partial charge in [0, 0.05) is 13.2 Å². The molecule has 0 saturated carbocycles. The molecule has 1 unspecified atom stereocenters. The van der Waals surface area contributed by atoms with E-state index in [2.05, 4.69) is 36.5 Å². The number of hydrogen-bond acceptors (Lipinski definition) is 2. The maximum atomic E-state index is 5.65. The summed E-state index contributed by atoms with van der Waals surface area (Å²) in [5.74, 6) is 0. The standard InChI is InChI=1S/C12H19NO/c1-4-14-12(9-13-3)11-7-5-10(2)6-8-11/h5-8,12-13H,4,9H2,1-3H3. The molecule has 1 N–H and O–H groups in total. The molecule has 1 atom stereocenters. The van der Waals surface area contributed by atoms with E-state index in [1.807, 2.05) is 14.0 Å². The molecule has 0 bridgehead atoms. The molecule has 2 nitrogen and oxygen atoms in total. The molecule has 1 aromatic carbocycles. The van der Waals surface area contributed by atoms with Gasteiger partial charge in [-0.15, -0.1) is 0 Å². The van der Waals surface area contributed by atoms with Gasteiger partial charge in [0.1, 0.15) is 0 Å². The second kappa shape index (κ2) is 5.78. The average Bonchev–Trinajstić information content (AvgIpc) is 2.19. The van der Waals surface area contributed by atoms with Crippen LogP contribution in [0.3, 0.4) is 0 Å². The summed E-state index contributed by atoms with van der Waals surface area (Å²) in [6, 6.07) is 8.51. The predicted molar refractivity (Wildman–Crippen MR) is 59.5 cm³/mol. The molecular formula is C12H19NO. The highest BCUT2D eigenvalue weighted by molar-refractivity contribution is 5.23. The van der Waals surface area contributed by atoms with Crippen molar-refractivity contribution in [2.75, 3.05) is 20.2 Å². The Morgan fingerprint density at radius 1 is 1.29 bits per heavy atom. The SMILES string of the molecule is CCOC(CNC)c1ccc(C)cc1. The fraction of sp³-hybridized carbons (Fsp3) is 0.500. The number of likely N-dealkylation sites (N-methyl/N-ethyl adjacent to an activating group) is 1. The van der Waals surface area contributed by atoms with Crippen molar-refractivity contribution in [2.45, 2.75) is 20.0 Å². The first-order valence-corrected chi connectivity index (χ1v) is 5.10. The van der Waals surface area contributed by atoms with Gasteiger partial charge in [-0.2, -0.15) is 0 Å². The topological polar surface area (TPSA) is 21.3 Å². The van der Waals surface area contributed by atoms with Gasteiger partial charge in [0.25, 0.3) is 0 Å². The lowest BCUT2D eigenvalue weighted by Crippen LogP contribution is -2.19. The highest BCUT2D eigenvalue weighted by Crippen LogP contribution is 2.16. The first-order chi connectivity index (χ1) is 6.77. The molecular weight excluding hydrogens is 174 g/mol. The zero-order chi connectivity index (χ0) is 10.4. The zero-order valence-corrected chi connectivity index (χ0v) is 9.21. The van der Waals surface area contributed by atoms with E-state index in [0.29, 0.717) is 0 Å². The molecule has 0 aromatic heterocycles. The van der Waals surface area contributed by atoms with Crippen molar-refractivity contribution >= 4 is 0 Å². The normalized spacial score (nSPS) is 12.8. The second-order valence-corrected chi connectivity index (χ2v) is 3.41. The van der Waals surface area contributed by atoms with Crippen LogP contribution >= 0.6 is 0 Å². The van der Waals surface area contributed by atoms with Gasteiger partial charge in [-0.05, 0) is 26.5 Å². The van der Waals surface area contributed by atoms with Gasteiger partial charge >= 0.3 is 0 Å². The van der Waals surface area contributed by atoms with Crippen molar-refractivity contribution in [3.8, 4) is 0 Å². The minimum Gasteiger partial charge on any atom is -0.372 e. The van der Waals surface area contributed by atoms with Crippen LogP contribution in [0.25, 0.3) is 0 Å². The summed E-state index contributed by atoms with van der Waals surface area (Å²) in [5.41, 5.74) is 2.53. The Balaban J connectivity index is 2.71. The lowest BCUT2D eigenvalue weighted by Gasteiger charge is -2.17. The monoisotopic (exact) mass is 193 g/mol. The van der Waals surface area contributed by atoms with Crippen LogP contribution < -0.4 is 5.32 Å². The van der Waals surface area contributed by atoms with Gasteiger partial charge < -0.3 is 10.1 Å². The molecule has 0 aliphatic heterocycles. The van der Waals surface area contributed by atoms with Gasteiger partial charge in [-0.25, -0.2) is 0 Å². The Bertz CT molecular complexity index is 250. The summed E-state index contributed by atoms with van der Waals surface area (Å²) in [5, 5.41) is 3.14. The molecule has 0 heterocycles. The first-order valence-electron chi connectivity index (χ1n) is 5.10. The van der Waals surface area contributed by atoms with Crippen LogP contribution in [0.15, 0.2) is 24.3 Å². The lowest BCUT2D eigenvalue weighted by molar-refractivity contribution is 0.0638. The van der Waals surface area contributed by atoms with E-state index < -0.39 is 0 Å². The van der Waals surface area contributed by atoms with E-state index in [9.17, 15) is 0 Å². The number of rotatable bonds is 5. The van der Waals surface area contributed by atoms with Crippen LogP contribution in [0, 0.1) is 6.92 Å². The molecule has 0 aliphatic carbocycles. The fourth-order valence-electron chi connectivity index (χ4n) is 1.44. The van der Waals surface area contributed by atoms with Crippen molar-refractivity contribution in [1.82, 2.24) is 5.32 Å². The van der Waals surface area contributed by atoms with Crippen molar-refractivity contribution in [3.63, 3.8) is 0 Å². The highest BCUT2D eigenvalue weighted by Gasteiger charge is 2.09. The van der Waals surface area contributed by atoms with Gasteiger partial charge in [0.2, 0.25) is 0 Å². The molecule has 0 amide bonds. The van der Waals surface area contributed by atoms with Crippen molar-refractivity contribution < 1.29 is 4.74 Å². The van der Waals surface area contributed by atoms with Crippen LogP contribution in [0.1, 0.15) is 24.2 Å². The smallest absolute Gasteiger partial charge is 0.0948 e. The number of hydrogen-bond donors (Lipinski definition) is 1. The maximum Gasteiger partial charge on any atom is 0.0948 e. The quantitative estimate of drug-likeness (QED) is 0.774. The van der Waals surface area contributed by atoms with E-state index in [4.69, 9.17) is 4.74 Å². The van der Waals surface area contributed by atoms with Crippen LogP contribution in [0.5, 0.6) is 0 Å². The van der Waals surface area contributed by atoms with Gasteiger partial charge in [0.15, 0.2) is 0 Å². The van der Waals surface area contributed by atoms with Gasteiger partial charge in [-0.3, -0.25) is 0 Å². The van der Waals surface area contributed by atoms with Gasteiger partial charge in [-0.1, -0.05) is 29.8 Å². The van der Waals surface area contributed by atoms with E-state index in [1.54, 1.807) is 0 Å². The Morgan fingerprint density at radius 2 is 1.93 bits per heavy atom. The maximum absolute atomic E-state index is 5.65. The van der Waals surface area contributed by atoms with E-state index in [-0.39, 0.29) is 6.10 Å². The summed E-state index contributed by atoms with van der Waals surface area (Å²) in [6.45, 7) is 5.73. The summed E-state index contributed by atoms with van der Waals surface area (Å²) in [6.07, 6.45) is 0.172. The number of nitrogens with one attached hydrogen (secondary N) is 1. The molecule has 0 fully saturated rings. The Hall–Kier alpha value is -0.860. The molecule has 0 radical (unpaired) electrons. The summed E-state index contributed by atoms with van der Waals surface area (Å²) in [7, 11) is 1.94. The largest absolute Gasteiger partial charge is 0.372 e. The van der Waals surface area contributed by atoms with Crippen LogP contribution in [0.4, 0.5) is 0 Å². The second-order valence-electron chi connectivity index (χ2n) is 3.41. The molecule has 0 saturated heterocycles. The number of benzene rings is 1. The average molecular weight is 193 g/mol. The number of ether oxygens (including phenoxy) is 1. The third-order valence-electron chi connectivity index (χ3n) is 2.21. The van der Waals surface area contributed by atoms with Crippen molar-refractivity contribution in [3.05, 3.63) is 35.4 Å².